The summed E-state index contributed by atoms with van der Waals surface area (Å²) in [5, 5.41) is 20.2. The number of rotatable bonds is 2. The summed E-state index contributed by atoms with van der Waals surface area (Å²) in [6, 6.07) is 10.0. The summed E-state index contributed by atoms with van der Waals surface area (Å²) in [6.07, 6.45) is 1.81. The summed E-state index contributed by atoms with van der Waals surface area (Å²) in [4.78, 5) is 2.23. The van der Waals surface area contributed by atoms with E-state index in [1.165, 1.54) is 11.1 Å². The maximum Gasteiger partial charge on any atom is 0.165 e. The van der Waals surface area contributed by atoms with Crippen LogP contribution in [0.15, 0.2) is 30.3 Å². The third-order valence-corrected chi connectivity index (χ3v) is 4.46. The van der Waals surface area contributed by atoms with E-state index in [9.17, 15) is 10.2 Å². The van der Waals surface area contributed by atoms with Crippen LogP contribution in [0.5, 0.6) is 11.5 Å². The second-order valence-electron chi connectivity index (χ2n) is 5.88. The monoisotopic (exact) mass is 283 g/mol. The van der Waals surface area contributed by atoms with Gasteiger partial charge in [0.1, 0.15) is 0 Å². The van der Waals surface area contributed by atoms with Crippen molar-refractivity contribution in [3.05, 3.63) is 47.0 Å². The minimum Gasteiger partial charge on any atom is -0.504 e. The van der Waals surface area contributed by atoms with E-state index >= 15 is 0 Å². The molecule has 1 aliphatic carbocycles. The van der Waals surface area contributed by atoms with Crippen molar-refractivity contribution in [3.8, 4) is 22.6 Å². The van der Waals surface area contributed by atoms with Crippen LogP contribution in [0, 0.1) is 0 Å². The highest BCUT2D eigenvalue weighted by molar-refractivity contribution is 5.82. The van der Waals surface area contributed by atoms with Crippen LogP contribution in [-0.2, 0) is 12.8 Å². The fourth-order valence-electron chi connectivity index (χ4n) is 3.38. The molecule has 0 amide bonds. The Hall–Kier alpha value is -2.00. The minimum absolute atomic E-state index is 0.000732. The van der Waals surface area contributed by atoms with E-state index in [-0.39, 0.29) is 11.5 Å². The molecular formula is C18H21NO2. The highest BCUT2D eigenvalue weighted by Gasteiger charge is 2.30. The highest BCUT2D eigenvalue weighted by Crippen LogP contribution is 2.48. The lowest BCUT2D eigenvalue weighted by molar-refractivity contribution is 0.294. The molecule has 0 fully saturated rings. The van der Waals surface area contributed by atoms with Gasteiger partial charge in [-0.05, 0) is 55.3 Å². The number of benzene rings is 2. The quantitative estimate of drug-likeness (QED) is 0.829. The van der Waals surface area contributed by atoms with Crippen molar-refractivity contribution in [3.63, 3.8) is 0 Å². The zero-order valence-corrected chi connectivity index (χ0v) is 12.7. The van der Waals surface area contributed by atoms with Crippen molar-refractivity contribution in [1.82, 2.24) is 4.90 Å². The minimum atomic E-state index is -0.0510. The molecule has 3 rings (SSSR count). The van der Waals surface area contributed by atoms with Crippen LogP contribution < -0.4 is 0 Å². The van der Waals surface area contributed by atoms with Crippen molar-refractivity contribution in [2.24, 2.45) is 0 Å². The van der Waals surface area contributed by atoms with Gasteiger partial charge in [-0.2, -0.15) is 0 Å². The Morgan fingerprint density at radius 3 is 2.57 bits per heavy atom. The van der Waals surface area contributed by atoms with Gasteiger partial charge in [-0.25, -0.2) is 0 Å². The standard InChI is InChI=1S/C18H21NO2/c1-4-11-6-5-7-13-16(11)14(19(2)3)10-12-8-9-15(20)18(21)17(12)13/h5-9,14,20-21H,4,10H2,1-3H3/t14-/m1/s1. The van der Waals surface area contributed by atoms with E-state index in [2.05, 4.69) is 32.0 Å². The molecule has 110 valence electrons. The van der Waals surface area contributed by atoms with E-state index in [1.54, 1.807) is 6.07 Å². The Balaban J connectivity index is 2.33. The van der Waals surface area contributed by atoms with Crippen LogP contribution in [0.3, 0.4) is 0 Å². The number of hydrogen-bond acceptors (Lipinski definition) is 3. The molecule has 0 saturated heterocycles. The van der Waals surface area contributed by atoms with Gasteiger partial charge in [-0.1, -0.05) is 31.2 Å². The summed E-state index contributed by atoms with van der Waals surface area (Å²) in [5.74, 6) is -0.0517. The average molecular weight is 283 g/mol. The predicted octanol–water partition coefficient (Wildman–Crippen LogP) is 3.49. The number of hydrogen-bond donors (Lipinski definition) is 2. The van der Waals surface area contributed by atoms with Crippen molar-refractivity contribution < 1.29 is 10.2 Å². The SMILES string of the molecule is CCc1cccc2c1[C@H](N(C)C)Cc1ccc(O)c(O)c1-2. The molecule has 1 aliphatic rings. The molecule has 3 nitrogen and oxygen atoms in total. The summed E-state index contributed by atoms with van der Waals surface area (Å²) < 4.78 is 0. The van der Waals surface area contributed by atoms with E-state index in [0.717, 1.165) is 29.5 Å². The van der Waals surface area contributed by atoms with E-state index in [0.29, 0.717) is 6.04 Å². The first-order valence-corrected chi connectivity index (χ1v) is 7.37. The van der Waals surface area contributed by atoms with Gasteiger partial charge < -0.3 is 15.1 Å². The molecule has 3 heteroatoms. The van der Waals surface area contributed by atoms with Crippen molar-refractivity contribution in [2.45, 2.75) is 25.8 Å². The van der Waals surface area contributed by atoms with Crippen LogP contribution >= 0.6 is 0 Å². The molecule has 0 aromatic heterocycles. The Morgan fingerprint density at radius 1 is 1.14 bits per heavy atom. The lowest BCUT2D eigenvalue weighted by atomic mass is 9.79. The van der Waals surface area contributed by atoms with Crippen LogP contribution in [0.1, 0.15) is 29.7 Å². The molecule has 2 aromatic rings. The largest absolute Gasteiger partial charge is 0.504 e. The van der Waals surface area contributed by atoms with E-state index in [1.807, 2.05) is 18.2 Å². The molecule has 0 saturated carbocycles. The molecule has 2 aromatic carbocycles. The summed E-state index contributed by atoms with van der Waals surface area (Å²) in [5.41, 5.74) is 5.50. The summed E-state index contributed by atoms with van der Waals surface area (Å²) in [7, 11) is 4.18. The number of aromatic hydroxyl groups is 2. The summed E-state index contributed by atoms with van der Waals surface area (Å²) >= 11 is 0. The predicted molar refractivity (Wildman–Crippen MR) is 84.7 cm³/mol. The lowest BCUT2D eigenvalue weighted by Gasteiger charge is -2.34. The Morgan fingerprint density at radius 2 is 1.90 bits per heavy atom. The first-order valence-electron chi connectivity index (χ1n) is 7.37. The number of fused-ring (bicyclic) bond motifs is 3. The number of nitrogens with zero attached hydrogens (tertiary/aromatic N) is 1. The molecule has 2 N–H and O–H groups in total. The molecular weight excluding hydrogens is 262 g/mol. The smallest absolute Gasteiger partial charge is 0.165 e. The van der Waals surface area contributed by atoms with Gasteiger partial charge >= 0.3 is 0 Å². The van der Waals surface area contributed by atoms with Gasteiger partial charge in [0.25, 0.3) is 0 Å². The summed E-state index contributed by atoms with van der Waals surface area (Å²) in [6.45, 7) is 2.15. The van der Waals surface area contributed by atoms with Gasteiger partial charge in [-0.15, -0.1) is 0 Å². The Bertz CT molecular complexity index is 692. The number of phenols is 2. The van der Waals surface area contributed by atoms with E-state index in [4.69, 9.17) is 0 Å². The van der Waals surface area contributed by atoms with Crippen LogP contribution in [-0.4, -0.2) is 29.2 Å². The second kappa shape index (κ2) is 5.08. The zero-order valence-electron chi connectivity index (χ0n) is 12.7. The second-order valence-corrected chi connectivity index (χ2v) is 5.88. The van der Waals surface area contributed by atoms with Crippen LogP contribution in [0.2, 0.25) is 0 Å². The van der Waals surface area contributed by atoms with Crippen molar-refractivity contribution in [1.29, 1.82) is 0 Å². The van der Waals surface area contributed by atoms with Gasteiger partial charge in [0.15, 0.2) is 11.5 Å². The third kappa shape index (κ3) is 2.09. The number of phenolic OH excluding ortho intramolecular Hbond substituents is 2. The molecule has 0 bridgehead atoms. The maximum atomic E-state index is 10.3. The van der Waals surface area contributed by atoms with Gasteiger partial charge in [-0.3, -0.25) is 0 Å². The number of aryl methyl sites for hydroxylation is 1. The molecule has 21 heavy (non-hydrogen) atoms. The van der Waals surface area contributed by atoms with Crippen LogP contribution in [0.25, 0.3) is 11.1 Å². The number of likely N-dealkylation sites (N-methyl/N-ethyl adjacent to an activating group) is 1. The van der Waals surface area contributed by atoms with Crippen LogP contribution in [0.4, 0.5) is 0 Å². The molecule has 0 heterocycles. The Labute approximate surface area is 125 Å². The normalized spacial score (nSPS) is 16.7. The highest BCUT2D eigenvalue weighted by atomic mass is 16.3. The van der Waals surface area contributed by atoms with Gasteiger partial charge in [0, 0.05) is 11.6 Å². The first-order chi connectivity index (χ1) is 10.0. The van der Waals surface area contributed by atoms with E-state index < -0.39 is 0 Å². The topological polar surface area (TPSA) is 43.7 Å². The molecule has 0 aliphatic heterocycles. The Kier molecular flexibility index (Phi) is 3.38. The van der Waals surface area contributed by atoms with Crippen molar-refractivity contribution in [2.75, 3.05) is 14.1 Å². The third-order valence-electron chi connectivity index (χ3n) is 4.46. The lowest BCUT2D eigenvalue weighted by Crippen LogP contribution is -2.26. The fraction of sp³-hybridized carbons (Fsp3) is 0.333. The zero-order chi connectivity index (χ0) is 15.1. The average Bonchev–Trinajstić information content (AvgIpc) is 2.48. The molecule has 0 radical (unpaired) electrons. The fourth-order valence-corrected chi connectivity index (χ4v) is 3.38. The van der Waals surface area contributed by atoms with Crippen molar-refractivity contribution >= 4 is 0 Å². The van der Waals surface area contributed by atoms with Gasteiger partial charge in [0.2, 0.25) is 0 Å². The first kappa shape index (κ1) is 14.0. The molecule has 0 unspecified atom stereocenters. The molecule has 1 atom stereocenters. The molecule has 0 spiro atoms. The maximum absolute atomic E-state index is 10.3. The van der Waals surface area contributed by atoms with Gasteiger partial charge in [0.05, 0.1) is 0 Å².